The first-order chi connectivity index (χ1) is 9.78. The summed E-state index contributed by atoms with van der Waals surface area (Å²) in [6.07, 6.45) is 2.71. The van der Waals surface area contributed by atoms with Gasteiger partial charge in [0, 0.05) is 17.4 Å². The summed E-state index contributed by atoms with van der Waals surface area (Å²) in [5.41, 5.74) is 1.40. The van der Waals surface area contributed by atoms with E-state index in [1.165, 1.54) is 0 Å². The Balaban J connectivity index is 2.29. The minimum absolute atomic E-state index is 0.270. The molecule has 1 saturated carbocycles. The molecule has 1 amide bonds. The Labute approximate surface area is 125 Å². The Kier molecular flexibility index (Phi) is 4.12. The van der Waals surface area contributed by atoms with E-state index in [1.54, 1.807) is 0 Å². The fourth-order valence-electron chi connectivity index (χ4n) is 3.46. The van der Waals surface area contributed by atoms with E-state index in [0.717, 1.165) is 24.2 Å². The number of carbonyl (C=O) groups is 2. The average Bonchev–Trinajstić information content (AvgIpc) is 2.95. The number of nitrogens with one attached hydrogen (secondary N) is 1. The van der Waals surface area contributed by atoms with Gasteiger partial charge in [-0.2, -0.15) is 0 Å². The second-order valence-electron chi connectivity index (χ2n) is 6.30. The van der Waals surface area contributed by atoms with Crippen LogP contribution in [0.25, 0.3) is 0 Å². The maximum absolute atomic E-state index is 12.5. The second-order valence-corrected chi connectivity index (χ2v) is 6.30. The van der Waals surface area contributed by atoms with Crippen molar-refractivity contribution < 1.29 is 14.7 Å². The van der Waals surface area contributed by atoms with Crippen LogP contribution in [0, 0.1) is 13.8 Å². The third-order valence-electron chi connectivity index (χ3n) is 4.46. The van der Waals surface area contributed by atoms with Gasteiger partial charge in [-0.3, -0.25) is 4.79 Å². The third kappa shape index (κ3) is 2.69. The van der Waals surface area contributed by atoms with Crippen LogP contribution >= 0.6 is 0 Å². The molecule has 0 unspecified atom stereocenters. The van der Waals surface area contributed by atoms with Crippen molar-refractivity contribution in [2.75, 3.05) is 0 Å². The van der Waals surface area contributed by atoms with E-state index < -0.39 is 11.5 Å². The number of aromatic nitrogens is 1. The zero-order chi connectivity index (χ0) is 15.8. The van der Waals surface area contributed by atoms with Crippen LogP contribution in [0.3, 0.4) is 0 Å². The predicted molar refractivity (Wildman–Crippen MR) is 80.6 cm³/mol. The van der Waals surface area contributed by atoms with E-state index in [-0.39, 0.29) is 11.9 Å². The summed E-state index contributed by atoms with van der Waals surface area (Å²) < 4.78 is 2.09. The number of hydrogen-bond acceptors (Lipinski definition) is 2. The highest BCUT2D eigenvalue weighted by Gasteiger charge is 2.43. The molecule has 0 saturated heterocycles. The molecule has 0 bridgehead atoms. The van der Waals surface area contributed by atoms with Gasteiger partial charge >= 0.3 is 5.97 Å². The van der Waals surface area contributed by atoms with Gasteiger partial charge in [0.05, 0.1) is 5.56 Å². The lowest BCUT2D eigenvalue weighted by molar-refractivity contribution is -0.144. The molecule has 116 valence electrons. The first-order valence-electron chi connectivity index (χ1n) is 7.53. The normalized spacial score (nSPS) is 17.2. The van der Waals surface area contributed by atoms with Gasteiger partial charge in [-0.15, -0.1) is 0 Å². The number of carboxylic acids is 1. The Morgan fingerprint density at radius 1 is 1.29 bits per heavy atom. The van der Waals surface area contributed by atoms with Gasteiger partial charge < -0.3 is 15.0 Å². The SMILES string of the molecule is Cc1cc(C(=O)NC2(C(=O)O)CCCC2)c(C)n1C(C)C. The quantitative estimate of drug-likeness (QED) is 0.896. The Hall–Kier alpha value is -1.78. The summed E-state index contributed by atoms with van der Waals surface area (Å²) in [5.74, 6) is -1.20. The van der Waals surface area contributed by atoms with Crippen LogP contribution in [0.5, 0.6) is 0 Å². The average molecular weight is 292 g/mol. The maximum Gasteiger partial charge on any atom is 0.329 e. The molecular weight excluding hydrogens is 268 g/mol. The third-order valence-corrected chi connectivity index (χ3v) is 4.46. The van der Waals surface area contributed by atoms with Crippen molar-refractivity contribution in [1.29, 1.82) is 0 Å². The number of nitrogens with zero attached hydrogens (tertiary/aromatic N) is 1. The molecule has 1 aromatic heterocycles. The van der Waals surface area contributed by atoms with E-state index in [2.05, 4.69) is 23.7 Å². The van der Waals surface area contributed by atoms with Crippen molar-refractivity contribution in [3.63, 3.8) is 0 Å². The first-order valence-corrected chi connectivity index (χ1v) is 7.53. The summed E-state index contributed by atoms with van der Waals surface area (Å²) in [6.45, 7) is 8.01. The number of aryl methyl sites for hydroxylation is 1. The molecule has 1 aliphatic rings. The largest absolute Gasteiger partial charge is 0.480 e. The molecule has 0 spiro atoms. The van der Waals surface area contributed by atoms with Gasteiger partial charge in [0.15, 0.2) is 0 Å². The van der Waals surface area contributed by atoms with Gasteiger partial charge in [0.2, 0.25) is 0 Å². The van der Waals surface area contributed by atoms with Crippen LogP contribution in [0.4, 0.5) is 0 Å². The minimum atomic E-state index is -1.09. The predicted octanol–water partition coefficient (Wildman–Crippen LogP) is 2.81. The molecule has 2 N–H and O–H groups in total. The Morgan fingerprint density at radius 3 is 2.29 bits per heavy atom. The minimum Gasteiger partial charge on any atom is -0.480 e. The van der Waals surface area contributed by atoms with Crippen LogP contribution < -0.4 is 5.32 Å². The standard InChI is InChI=1S/C16H24N2O3/c1-10(2)18-11(3)9-13(12(18)4)14(19)17-16(15(20)21)7-5-6-8-16/h9-10H,5-8H2,1-4H3,(H,17,19)(H,20,21). The van der Waals surface area contributed by atoms with E-state index >= 15 is 0 Å². The zero-order valence-corrected chi connectivity index (χ0v) is 13.2. The smallest absolute Gasteiger partial charge is 0.329 e. The molecule has 0 atom stereocenters. The lowest BCUT2D eigenvalue weighted by Gasteiger charge is -2.25. The van der Waals surface area contributed by atoms with E-state index in [9.17, 15) is 14.7 Å². The number of hydrogen-bond donors (Lipinski definition) is 2. The number of carbonyl (C=O) groups excluding carboxylic acids is 1. The van der Waals surface area contributed by atoms with Crippen molar-refractivity contribution in [2.24, 2.45) is 0 Å². The second kappa shape index (κ2) is 5.54. The van der Waals surface area contributed by atoms with Crippen molar-refractivity contribution in [3.05, 3.63) is 23.0 Å². The molecular formula is C16H24N2O3. The number of carboxylic acid groups (broad SMARTS) is 1. The highest BCUT2D eigenvalue weighted by Crippen LogP contribution is 2.31. The van der Waals surface area contributed by atoms with E-state index in [1.807, 2.05) is 19.9 Å². The molecule has 0 aromatic carbocycles. The summed E-state index contributed by atoms with van der Waals surface area (Å²) in [7, 11) is 0. The molecule has 5 heteroatoms. The van der Waals surface area contributed by atoms with Gasteiger partial charge in [-0.05, 0) is 46.6 Å². The molecule has 0 aliphatic heterocycles. The van der Waals surface area contributed by atoms with Crippen molar-refractivity contribution in [3.8, 4) is 0 Å². The van der Waals surface area contributed by atoms with Crippen molar-refractivity contribution >= 4 is 11.9 Å². The van der Waals surface area contributed by atoms with Gasteiger partial charge in [-0.25, -0.2) is 4.79 Å². The Bertz CT molecular complexity index is 566. The lowest BCUT2D eigenvalue weighted by atomic mass is 9.97. The number of amides is 1. The molecule has 1 aliphatic carbocycles. The van der Waals surface area contributed by atoms with E-state index in [4.69, 9.17) is 0 Å². The molecule has 1 heterocycles. The van der Waals surface area contributed by atoms with Gasteiger partial charge in [0.25, 0.3) is 5.91 Å². The van der Waals surface area contributed by atoms with Crippen molar-refractivity contribution in [1.82, 2.24) is 9.88 Å². The lowest BCUT2D eigenvalue weighted by Crippen LogP contribution is -2.52. The highest BCUT2D eigenvalue weighted by molar-refractivity contribution is 5.99. The molecule has 2 rings (SSSR count). The summed E-state index contributed by atoms with van der Waals surface area (Å²) in [6, 6.07) is 2.11. The fourth-order valence-corrected chi connectivity index (χ4v) is 3.46. The molecule has 21 heavy (non-hydrogen) atoms. The summed E-state index contributed by atoms with van der Waals surface area (Å²) >= 11 is 0. The number of rotatable bonds is 4. The van der Waals surface area contributed by atoms with Crippen LogP contribution in [0.1, 0.15) is 67.3 Å². The topological polar surface area (TPSA) is 71.3 Å². The summed E-state index contributed by atoms with van der Waals surface area (Å²) in [4.78, 5) is 24.1. The molecule has 0 radical (unpaired) electrons. The Morgan fingerprint density at radius 2 is 1.86 bits per heavy atom. The van der Waals surface area contributed by atoms with Crippen LogP contribution in [0.2, 0.25) is 0 Å². The maximum atomic E-state index is 12.5. The zero-order valence-electron chi connectivity index (χ0n) is 13.2. The number of aliphatic carboxylic acids is 1. The van der Waals surface area contributed by atoms with Crippen LogP contribution in [-0.2, 0) is 4.79 Å². The first kappa shape index (κ1) is 15.6. The van der Waals surface area contributed by atoms with Gasteiger partial charge in [0.1, 0.15) is 5.54 Å². The molecule has 1 fully saturated rings. The van der Waals surface area contributed by atoms with Crippen LogP contribution in [0.15, 0.2) is 6.07 Å². The van der Waals surface area contributed by atoms with Gasteiger partial charge in [-0.1, -0.05) is 12.8 Å². The highest BCUT2D eigenvalue weighted by atomic mass is 16.4. The summed E-state index contributed by atoms with van der Waals surface area (Å²) in [5, 5.41) is 12.2. The van der Waals surface area contributed by atoms with E-state index in [0.29, 0.717) is 18.4 Å². The van der Waals surface area contributed by atoms with Crippen LogP contribution in [-0.4, -0.2) is 27.1 Å². The monoisotopic (exact) mass is 292 g/mol. The van der Waals surface area contributed by atoms with Crippen molar-refractivity contribution in [2.45, 2.75) is 65.0 Å². The molecule has 5 nitrogen and oxygen atoms in total. The molecule has 1 aromatic rings. The fraction of sp³-hybridized carbons (Fsp3) is 0.625.